The van der Waals surface area contributed by atoms with Gasteiger partial charge in [0.2, 0.25) is 0 Å². The van der Waals surface area contributed by atoms with E-state index in [-0.39, 0.29) is 0 Å². The van der Waals surface area contributed by atoms with E-state index in [1.807, 2.05) is 6.07 Å². The highest BCUT2D eigenvalue weighted by Crippen LogP contribution is 2.39. The molecule has 1 aromatic rings. The van der Waals surface area contributed by atoms with Gasteiger partial charge in [-0.1, -0.05) is 37.3 Å². The van der Waals surface area contributed by atoms with Crippen molar-refractivity contribution >= 4 is 22.9 Å². The molecule has 1 aliphatic rings. The van der Waals surface area contributed by atoms with Crippen LogP contribution in [0.5, 0.6) is 0 Å². The molecule has 90 valence electrons. The van der Waals surface area contributed by atoms with Gasteiger partial charge in [0.25, 0.3) is 0 Å². The van der Waals surface area contributed by atoms with Crippen LogP contribution in [-0.4, -0.2) is 6.54 Å². The third-order valence-corrected chi connectivity index (χ3v) is 5.01. The molecule has 0 saturated heterocycles. The maximum atomic E-state index is 6.03. The fourth-order valence-corrected chi connectivity index (χ4v) is 4.01. The zero-order valence-corrected chi connectivity index (χ0v) is 11.2. The second-order valence-electron chi connectivity index (χ2n) is 5.00. The molecular weight excluding hydrogens is 238 g/mol. The third-order valence-electron chi connectivity index (χ3n) is 3.78. The number of rotatable bonds is 3. The topological polar surface area (TPSA) is 26.0 Å². The van der Waals surface area contributed by atoms with Gasteiger partial charge in [0.1, 0.15) is 0 Å². The minimum absolute atomic E-state index is 0.352. The Bertz CT molecular complexity index is 326. The molecule has 1 aliphatic carbocycles. The number of hydrogen-bond acceptors (Lipinski definition) is 2. The lowest BCUT2D eigenvalue weighted by atomic mass is 9.77. The SMILES string of the molecule is NCC1(Cc2ccc(Cl)s2)CCCCCC1. The summed E-state index contributed by atoms with van der Waals surface area (Å²) in [6, 6.07) is 4.16. The Hall–Kier alpha value is -0.0500. The average Bonchev–Trinajstić information content (AvgIpc) is 2.54. The molecule has 1 heterocycles. The van der Waals surface area contributed by atoms with Crippen LogP contribution in [0.2, 0.25) is 4.34 Å². The number of halogens is 1. The van der Waals surface area contributed by atoms with E-state index in [4.69, 9.17) is 17.3 Å². The van der Waals surface area contributed by atoms with Crippen LogP contribution in [0.3, 0.4) is 0 Å². The molecule has 1 saturated carbocycles. The number of thiophene rings is 1. The number of hydrogen-bond donors (Lipinski definition) is 1. The first-order chi connectivity index (χ1) is 7.74. The van der Waals surface area contributed by atoms with E-state index in [2.05, 4.69) is 6.07 Å². The van der Waals surface area contributed by atoms with Crippen LogP contribution in [0.4, 0.5) is 0 Å². The van der Waals surface area contributed by atoms with Crippen molar-refractivity contribution in [2.24, 2.45) is 11.1 Å². The van der Waals surface area contributed by atoms with Crippen molar-refractivity contribution in [1.29, 1.82) is 0 Å². The van der Waals surface area contributed by atoms with Crippen LogP contribution in [0.25, 0.3) is 0 Å². The monoisotopic (exact) mass is 257 g/mol. The predicted octanol–water partition coefficient (Wildman–Crippen LogP) is 4.24. The Balaban J connectivity index is 2.08. The zero-order valence-electron chi connectivity index (χ0n) is 9.68. The molecule has 0 aliphatic heterocycles. The quantitative estimate of drug-likeness (QED) is 0.806. The van der Waals surface area contributed by atoms with Crippen LogP contribution < -0.4 is 5.73 Å². The highest BCUT2D eigenvalue weighted by molar-refractivity contribution is 7.16. The second kappa shape index (κ2) is 5.52. The Kier molecular flexibility index (Phi) is 4.28. The Morgan fingerprint density at radius 1 is 1.19 bits per heavy atom. The Morgan fingerprint density at radius 2 is 1.88 bits per heavy atom. The second-order valence-corrected chi connectivity index (χ2v) is 6.80. The van der Waals surface area contributed by atoms with E-state index in [9.17, 15) is 0 Å². The molecular formula is C13H20ClNS. The lowest BCUT2D eigenvalue weighted by molar-refractivity contribution is 0.254. The van der Waals surface area contributed by atoms with Gasteiger partial charge in [-0.3, -0.25) is 0 Å². The largest absolute Gasteiger partial charge is 0.330 e. The van der Waals surface area contributed by atoms with Gasteiger partial charge in [-0.05, 0) is 43.4 Å². The molecule has 16 heavy (non-hydrogen) atoms. The standard InChI is InChI=1S/C13H20ClNS/c14-12-6-5-11(16-12)9-13(10-15)7-3-1-2-4-8-13/h5-6H,1-4,7-10,15H2. The normalized spacial score (nSPS) is 20.6. The summed E-state index contributed by atoms with van der Waals surface area (Å²) >= 11 is 7.70. The van der Waals surface area contributed by atoms with E-state index in [0.29, 0.717) is 5.41 Å². The van der Waals surface area contributed by atoms with Gasteiger partial charge in [0.05, 0.1) is 4.34 Å². The van der Waals surface area contributed by atoms with Gasteiger partial charge in [0, 0.05) is 4.88 Å². The van der Waals surface area contributed by atoms with Crippen LogP contribution >= 0.6 is 22.9 Å². The van der Waals surface area contributed by atoms with Crippen molar-refractivity contribution in [3.05, 3.63) is 21.3 Å². The van der Waals surface area contributed by atoms with Gasteiger partial charge >= 0.3 is 0 Å². The summed E-state index contributed by atoms with van der Waals surface area (Å²) in [5, 5.41) is 0. The molecule has 2 rings (SSSR count). The number of nitrogens with two attached hydrogens (primary N) is 1. The summed E-state index contributed by atoms with van der Waals surface area (Å²) in [7, 11) is 0. The van der Waals surface area contributed by atoms with Crippen molar-refractivity contribution in [2.75, 3.05) is 6.54 Å². The summed E-state index contributed by atoms with van der Waals surface area (Å²) in [4.78, 5) is 1.40. The van der Waals surface area contributed by atoms with Crippen LogP contribution in [-0.2, 0) is 6.42 Å². The molecule has 0 atom stereocenters. The first-order valence-corrected chi connectivity index (χ1v) is 7.38. The van der Waals surface area contributed by atoms with Crippen molar-refractivity contribution in [2.45, 2.75) is 44.9 Å². The third kappa shape index (κ3) is 2.99. The van der Waals surface area contributed by atoms with Crippen LogP contribution in [0.15, 0.2) is 12.1 Å². The minimum atomic E-state index is 0.352. The van der Waals surface area contributed by atoms with Crippen LogP contribution in [0, 0.1) is 5.41 Å². The van der Waals surface area contributed by atoms with Crippen LogP contribution in [0.1, 0.15) is 43.4 Å². The van der Waals surface area contributed by atoms with Gasteiger partial charge in [0.15, 0.2) is 0 Å². The van der Waals surface area contributed by atoms with E-state index < -0.39 is 0 Å². The fourth-order valence-electron chi connectivity index (χ4n) is 2.75. The lowest BCUT2D eigenvalue weighted by Crippen LogP contribution is -2.32. The summed E-state index contributed by atoms with van der Waals surface area (Å²) in [6.45, 7) is 0.822. The Morgan fingerprint density at radius 3 is 2.38 bits per heavy atom. The van der Waals surface area contributed by atoms with Crippen molar-refractivity contribution in [1.82, 2.24) is 0 Å². The van der Waals surface area contributed by atoms with Crippen molar-refractivity contribution in [3.63, 3.8) is 0 Å². The van der Waals surface area contributed by atoms with E-state index in [0.717, 1.165) is 17.3 Å². The maximum absolute atomic E-state index is 6.03. The van der Waals surface area contributed by atoms with Crippen molar-refractivity contribution in [3.8, 4) is 0 Å². The summed E-state index contributed by atoms with van der Waals surface area (Å²) in [6.07, 6.45) is 9.16. The van der Waals surface area contributed by atoms with Gasteiger partial charge in [-0.25, -0.2) is 0 Å². The van der Waals surface area contributed by atoms with Gasteiger partial charge < -0.3 is 5.73 Å². The summed E-state index contributed by atoms with van der Waals surface area (Å²) in [5.74, 6) is 0. The molecule has 0 aromatic carbocycles. The van der Waals surface area contributed by atoms with Gasteiger partial charge in [-0.2, -0.15) is 0 Å². The molecule has 0 spiro atoms. The van der Waals surface area contributed by atoms with E-state index in [1.54, 1.807) is 11.3 Å². The first-order valence-electron chi connectivity index (χ1n) is 6.18. The fraction of sp³-hybridized carbons (Fsp3) is 0.692. The average molecular weight is 258 g/mol. The molecule has 1 nitrogen and oxygen atoms in total. The molecule has 2 N–H and O–H groups in total. The Labute approximate surface area is 107 Å². The predicted molar refractivity (Wildman–Crippen MR) is 72.2 cm³/mol. The molecule has 0 bridgehead atoms. The molecule has 0 radical (unpaired) electrons. The highest BCUT2D eigenvalue weighted by atomic mass is 35.5. The maximum Gasteiger partial charge on any atom is 0.0931 e. The zero-order chi connectivity index (χ0) is 11.4. The molecule has 0 unspecified atom stereocenters. The van der Waals surface area contributed by atoms with Crippen molar-refractivity contribution < 1.29 is 0 Å². The smallest absolute Gasteiger partial charge is 0.0931 e. The highest BCUT2D eigenvalue weighted by Gasteiger charge is 2.30. The summed E-state index contributed by atoms with van der Waals surface area (Å²) < 4.78 is 0.899. The van der Waals surface area contributed by atoms with E-state index in [1.165, 1.54) is 43.4 Å². The first kappa shape index (κ1) is 12.4. The minimum Gasteiger partial charge on any atom is -0.330 e. The van der Waals surface area contributed by atoms with Gasteiger partial charge in [-0.15, -0.1) is 11.3 Å². The molecule has 3 heteroatoms. The lowest BCUT2D eigenvalue weighted by Gasteiger charge is -2.31. The molecule has 0 amide bonds. The van der Waals surface area contributed by atoms with E-state index >= 15 is 0 Å². The molecule has 1 aromatic heterocycles. The summed E-state index contributed by atoms with van der Waals surface area (Å²) in [5.41, 5.74) is 6.39. The molecule has 1 fully saturated rings.